The smallest absolute Gasteiger partial charge is 0.329 e. The van der Waals surface area contributed by atoms with Gasteiger partial charge in [-0.15, -0.1) is 0 Å². The Morgan fingerprint density at radius 3 is 2.22 bits per heavy atom. The van der Waals surface area contributed by atoms with Gasteiger partial charge in [0.1, 0.15) is 13.2 Å². The second kappa shape index (κ2) is 18.0. The van der Waals surface area contributed by atoms with E-state index in [2.05, 4.69) is 31.4 Å². The lowest BCUT2D eigenvalue weighted by atomic mass is 10.2. The third-order valence-corrected chi connectivity index (χ3v) is 7.36. The predicted octanol–water partition coefficient (Wildman–Crippen LogP) is 2.30. The minimum Gasteiger partial charge on any atom is -0.480 e. The van der Waals surface area contributed by atoms with Gasteiger partial charge in [-0.25, -0.2) is 4.79 Å². The van der Waals surface area contributed by atoms with E-state index in [1.807, 2.05) is 0 Å². The summed E-state index contributed by atoms with van der Waals surface area (Å²) in [5, 5.41) is 14.2. The molecule has 0 fully saturated rings. The molecule has 3 amide bonds. The number of nitrogens with zero attached hydrogens (tertiary/aromatic N) is 1. The third kappa shape index (κ3) is 19.2. The first kappa shape index (κ1) is 30.5. The van der Waals surface area contributed by atoms with Gasteiger partial charge in [0, 0.05) is 49.5 Å². The van der Waals surface area contributed by atoms with E-state index in [0.717, 1.165) is 25.0 Å². The van der Waals surface area contributed by atoms with Gasteiger partial charge in [-0.3, -0.25) is 14.4 Å². The summed E-state index contributed by atoms with van der Waals surface area (Å²) in [4.78, 5) is 47.5. The van der Waals surface area contributed by atoms with Gasteiger partial charge >= 0.3 is 5.97 Å². The van der Waals surface area contributed by atoms with Crippen molar-refractivity contribution < 1.29 is 29.0 Å². The van der Waals surface area contributed by atoms with Crippen LogP contribution in [0.5, 0.6) is 0 Å². The fraction of sp³-hybridized carbons (Fsp3) is 0.810. The molecular weight excluding hydrogens is 454 g/mol. The summed E-state index contributed by atoms with van der Waals surface area (Å²) in [6, 6.07) is 0. The van der Waals surface area contributed by atoms with E-state index in [1.165, 1.54) is 4.90 Å². The Hall–Kier alpha value is -1.46. The van der Waals surface area contributed by atoms with Crippen molar-refractivity contribution in [2.24, 2.45) is 0 Å². The number of unbranched alkanes of at least 4 members (excludes halogenated alkanes) is 2. The highest BCUT2D eigenvalue weighted by molar-refractivity contribution is 8.77. The molecule has 0 rings (SSSR count). The number of likely N-dealkylation sites (N-methyl/N-ethyl adjacent to an activating group) is 1. The number of carbonyl (C=O) groups is 4. The molecule has 0 aromatic heterocycles. The average Bonchev–Trinajstić information content (AvgIpc) is 2.70. The topological polar surface area (TPSA) is 125 Å². The van der Waals surface area contributed by atoms with Gasteiger partial charge in [0.05, 0.1) is 0 Å². The Balaban J connectivity index is 3.71. The minimum atomic E-state index is -1.12. The molecule has 3 N–H and O–H groups in total. The van der Waals surface area contributed by atoms with Crippen LogP contribution in [0.4, 0.5) is 0 Å². The molecular formula is C21H39N3O6S2. The standard InChI is InChI=1S/C21H39N3O6S2/c1-5-24(19(27)15-30-16-20(28)29)13-12-23-17(25)9-7-6-8-11-22-18(26)10-14-31-32-21(2,3)4/h5-16H2,1-4H3,(H,22,26)(H,23,25)(H,28,29). The first-order valence-electron chi connectivity index (χ1n) is 11.0. The van der Waals surface area contributed by atoms with Crippen LogP contribution in [-0.4, -0.2) is 83.6 Å². The predicted molar refractivity (Wildman–Crippen MR) is 130 cm³/mol. The van der Waals surface area contributed by atoms with Gasteiger partial charge in [-0.2, -0.15) is 0 Å². The summed E-state index contributed by atoms with van der Waals surface area (Å²) in [5.74, 6) is -0.650. The lowest BCUT2D eigenvalue weighted by molar-refractivity contribution is -0.146. The van der Waals surface area contributed by atoms with Crippen molar-refractivity contribution in [3.8, 4) is 0 Å². The lowest BCUT2D eigenvalue weighted by Crippen LogP contribution is -2.40. The van der Waals surface area contributed by atoms with Crippen molar-refractivity contribution in [3.05, 3.63) is 0 Å². The van der Waals surface area contributed by atoms with Gasteiger partial charge in [0.2, 0.25) is 17.7 Å². The summed E-state index contributed by atoms with van der Waals surface area (Å²) in [5.41, 5.74) is 0. The van der Waals surface area contributed by atoms with Crippen molar-refractivity contribution in [2.45, 2.75) is 64.5 Å². The normalized spacial score (nSPS) is 11.1. The second-order valence-corrected chi connectivity index (χ2v) is 11.4. The molecule has 0 aliphatic rings. The Kier molecular flexibility index (Phi) is 17.2. The number of carbonyl (C=O) groups excluding carboxylic acids is 3. The molecule has 0 aliphatic heterocycles. The monoisotopic (exact) mass is 493 g/mol. The molecule has 11 heteroatoms. The fourth-order valence-electron chi connectivity index (χ4n) is 2.45. The highest BCUT2D eigenvalue weighted by atomic mass is 33.1. The largest absolute Gasteiger partial charge is 0.480 e. The van der Waals surface area contributed by atoms with Crippen molar-refractivity contribution in [1.82, 2.24) is 15.5 Å². The number of carboxylic acids is 1. The molecule has 0 atom stereocenters. The van der Waals surface area contributed by atoms with Crippen LogP contribution in [0.2, 0.25) is 0 Å². The Labute approximate surface area is 199 Å². The Morgan fingerprint density at radius 2 is 1.59 bits per heavy atom. The number of nitrogens with one attached hydrogen (secondary N) is 2. The van der Waals surface area contributed by atoms with Gasteiger partial charge in [0.25, 0.3) is 0 Å². The number of ether oxygens (including phenoxy) is 1. The van der Waals surface area contributed by atoms with Gasteiger partial charge in [-0.05, 0) is 19.8 Å². The molecule has 0 bridgehead atoms. The molecule has 0 aromatic carbocycles. The zero-order valence-electron chi connectivity index (χ0n) is 19.7. The van der Waals surface area contributed by atoms with Crippen LogP contribution in [0.25, 0.3) is 0 Å². The van der Waals surface area contributed by atoms with Crippen molar-refractivity contribution in [3.63, 3.8) is 0 Å². The lowest BCUT2D eigenvalue weighted by Gasteiger charge is -2.20. The zero-order valence-corrected chi connectivity index (χ0v) is 21.4. The molecule has 0 saturated heterocycles. The molecule has 0 saturated carbocycles. The fourth-order valence-corrected chi connectivity index (χ4v) is 4.72. The van der Waals surface area contributed by atoms with Crippen molar-refractivity contribution >= 4 is 45.3 Å². The molecule has 0 aliphatic carbocycles. The maximum atomic E-state index is 11.9. The molecule has 0 spiro atoms. The van der Waals surface area contributed by atoms with Crippen molar-refractivity contribution in [2.75, 3.05) is 45.1 Å². The van der Waals surface area contributed by atoms with Gasteiger partial charge in [-0.1, -0.05) is 48.8 Å². The highest BCUT2D eigenvalue weighted by Crippen LogP contribution is 2.35. The second-order valence-electron chi connectivity index (χ2n) is 8.14. The molecule has 0 heterocycles. The number of carboxylic acid groups (broad SMARTS) is 1. The van der Waals surface area contributed by atoms with Crippen LogP contribution in [-0.2, 0) is 23.9 Å². The van der Waals surface area contributed by atoms with Crippen LogP contribution in [0.1, 0.15) is 59.8 Å². The highest BCUT2D eigenvalue weighted by Gasteiger charge is 2.13. The summed E-state index contributed by atoms with van der Waals surface area (Å²) in [6.45, 7) is 9.19. The first-order valence-corrected chi connectivity index (χ1v) is 13.3. The molecule has 0 radical (unpaired) electrons. The summed E-state index contributed by atoms with van der Waals surface area (Å²) in [7, 11) is 3.50. The van der Waals surface area contributed by atoms with Gasteiger partial charge in [0.15, 0.2) is 0 Å². The van der Waals surface area contributed by atoms with E-state index in [1.54, 1.807) is 28.5 Å². The molecule has 0 aromatic rings. The quantitative estimate of drug-likeness (QED) is 0.196. The SMILES string of the molecule is CCN(CCNC(=O)CCCCCNC(=O)CCSSC(C)(C)C)C(=O)COCC(=O)O. The third-order valence-electron chi connectivity index (χ3n) is 4.01. The maximum Gasteiger partial charge on any atom is 0.329 e. The van der Waals surface area contributed by atoms with E-state index in [4.69, 9.17) is 9.84 Å². The van der Waals surface area contributed by atoms with Crippen LogP contribution >= 0.6 is 21.6 Å². The van der Waals surface area contributed by atoms with E-state index in [0.29, 0.717) is 39.0 Å². The molecule has 9 nitrogen and oxygen atoms in total. The summed E-state index contributed by atoms with van der Waals surface area (Å²) in [6.07, 6.45) is 3.33. The maximum absolute atomic E-state index is 11.9. The van der Waals surface area contributed by atoms with Gasteiger partial charge < -0.3 is 25.4 Å². The Bertz CT molecular complexity index is 584. The van der Waals surface area contributed by atoms with Crippen LogP contribution < -0.4 is 10.6 Å². The summed E-state index contributed by atoms with van der Waals surface area (Å²) >= 11 is 0. The number of hydrogen-bond donors (Lipinski definition) is 3. The molecule has 186 valence electrons. The molecule has 32 heavy (non-hydrogen) atoms. The van der Waals surface area contributed by atoms with E-state index < -0.39 is 12.6 Å². The van der Waals surface area contributed by atoms with Crippen LogP contribution in [0, 0.1) is 0 Å². The van der Waals surface area contributed by atoms with Crippen LogP contribution in [0.3, 0.4) is 0 Å². The van der Waals surface area contributed by atoms with Crippen molar-refractivity contribution in [1.29, 1.82) is 0 Å². The Morgan fingerprint density at radius 1 is 0.938 bits per heavy atom. The van der Waals surface area contributed by atoms with Crippen LogP contribution in [0.15, 0.2) is 0 Å². The number of amides is 3. The number of hydrogen-bond acceptors (Lipinski definition) is 7. The molecule has 0 unspecified atom stereocenters. The number of rotatable bonds is 18. The average molecular weight is 494 g/mol. The zero-order chi connectivity index (χ0) is 24.4. The minimum absolute atomic E-state index is 0.0631. The first-order chi connectivity index (χ1) is 15.0. The van der Waals surface area contributed by atoms with E-state index in [-0.39, 0.29) is 29.1 Å². The summed E-state index contributed by atoms with van der Waals surface area (Å²) < 4.78 is 4.99. The van der Waals surface area contributed by atoms with E-state index >= 15 is 0 Å². The number of aliphatic carboxylic acids is 1. The van der Waals surface area contributed by atoms with E-state index in [9.17, 15) is 19.2 Å².